The molecule has 0 atom stereocenters. The van der Waals surface area contributed by atoms with Crippen molar-refractivity contribution in [1.29, 1.82) is 0 Å². The van der Waals surface area contributed by atoms with Crippen LogP contribution in [0.5, 0.6) is 0 Å². The normalized spacial score (nSPS) is 10.4. The second-order valence-corrected chi connectivity index (χ2v) is 21.4. The molecule has 2 aromatic heterocycles. The molecule has 0 bridgehead atoms. The van der Waals surface area contributed by atoms with Crippen molar-refractivity contribution < 1.29 is 13.8 Å². The summed E-state index contributed by atoms with van der Waals surface area (Å²) in [5.41, 5.74) is 13.6. The minimum Gasteiger partial charge on any atom is -0.381 e. The summed E-state index contributed by atoms with van der Waals surface area (Å²) in [6, 6.07) is 70.1. The van der Waals surface area contributed by atoms with Gasteiger partial charge in [-0.25, -0.2) is 0 Å². The smallest absolute Gasteiger partial charge is 0.109 e. The molecule has 0 N–H and O–H groups in total. The molecule has 10 rings (SSSR count). The van der Waals surface area contributed by atoms with Gasteiger partial charge in [0, 0.05) is 67.4 Å². The van der Waals surface area contributed by atoms with Gasteiger partial charge in [-0.05, 0) is 155 Å². The minimum absolute atomic E-state index is 0. The Kier molecular flexibility index (Phi) is 22.5. The molecule has 0 amide bonds. The quantitative estimate of drug-likeness (QED) is 0.0362. The summed E-state index contributed by atoms with van der Waals surface area (Å²) in [5, 5.41) is 7.10. The average molecular weight is 1130 g/mol. The molecule has 0 aliphatic rings. The summed E-state index contributed by atoms with van der Waals surface area (Å²) < 4.78 is 12.3. The van der Waals surface area contributed by atoms with Gasteiger partial charge in [-0.2, -0.15) is 0 Å². The van der Waals surface area contributed by atoms with Crippen LogP contribution < -0.4 is 9.80 Å². The monoisotopic (exact) mass is 1120 g/mol. The van der Waals surface area contributed by atoms with Gasteiger partial charge in [-0.3, -0.25) is 0 Å². The molecule has 2 heterocycles. The van der Waals surface area contributed by atoms with E-state index in [2.05, 4.69) is 280 Å². The van der Waals surface area contributed by atoms with E-state index < -0.39 is 0 Å². The van der Waals surface area contributed by atoms with Crippen LogP contribution in [0.15, 0.2) is 234 Å². The van der Waals surface area contributed by atoms with Crippen LogP contribution in [0.2, 0.25) is 0 Å². The number of ether oxygens (including phenoxy) is 2. The Balaban J connectivity index is 0.00000189. The predicted octanol–water partition coefficient (Wildman–Crippen LogP) is 21.6. The highest BCUT2D eigenvalue weighted by atomic mass is 32.1. The van der Waals surface area contributed by atoms with Crippen LogP contribution in [-0.2, 0) is 41.9 Å². The minimum atomic E-state index is 0. The first-order chi connectivity index (χ1) is 41.0. The summed E-state index contributed by atoms with van der Waals surface area (Å²) in [6.07, 6.45) is 15.1. The van der Waals surface area contributed by atoms with Crippen LogP contribution in [0, 0.1) is 36.0 Å². The topological polar surface area (TPSA) is 24.9 Å². The van der Waals surface area contributed by atoms with Crippen molar-refractivity contribution in [2.45, 2.75) is 58.7 Å². The molecule has 6 heteroatoms. The predicted molar refractivity (Wildman–Crippen MR) is 367 cm³/mol. The maximum Gasteiger partial charge on any atom is 0.109 e. The highest BCUT2D eigenvalue weighted by Crippen LogP contribution is 2.55. The second-order valence-electron chi connectivity index (χ2n) is 19.4. The largest absolute Gasteiger partial charge is 0.381 e. The van der Waals surface area contributed by atoms with Gasteiger partial charge in [0.2, 0.25) is 0 Å². The fourth-order valence-electron chi connectivity index (χ4n) is 9.82. The van der Waals surface area contributed by atoms with Gasteiger partial charge in [0.15, 0.2) is 0 Å². The fraction of sp³-hybridized carbons (Fsp3) is 0.143. The SMILES string of the molecule is C#CC#CC#Cc1ccc(N(c2ccc(CCCOCCCc3ccc(C=C)cc3)cc2)c2sc(-c3sc(N(c4ccc(CCC)cc4)c4ccc(COCc5ccc(C=C)cc5)cc4)c4ccccc34)c3ccccc23)cc1.C=C.C=C.[HH].[HH].[HH]. The van der Waals surface area contributed by atoms with E-state index in [1.807, 2.05) is 34.8 Å². The number of rotatable bonds is 23. The molecule has 4 nitrogen and oxygen atoms in total. The molecule has 8 aromatic carbocycles. The number of benzene rings is 8. The Bertz CT molecular complexity index is 3890. The lowest BCUT2D eigenvalue weighted by Crippen LogP contribution is -2.09. The number of fused-ring (bicyclic) bond motifs is 2. The van der Waals surface area contributed by atoms with Gasteiger partial charge in [-0.15, -0.1) is 55.4 Å². The van der Waals surface area contributed by atoms with Crippen LogP contribution in [0.1, 0.15) is 75.0 Å². The van der Waals surface area contributed by atoms with E-state index in [0.29, 0.717) is 13.2 Å². The molecule has 0 unspecified atom stereocenters. The molecule has 10 aromatic rings. The Morgan fingerprint density at radius 2 is 0.819 bits per heavy atom. The van der Waals surface area contributed by atoms with E-state index in [1.165, 1.54) is 48.0 Å². The number of thiophene rings is 2. The summed E-state index contributed by atoms with van der Waals surface area (Å²) >= 11 is 3.69. The van der Waals surface area contributed by atoms with Crippen molar-refractivity contribution >= 4 is 89.1 Å². The molecular formula is C77H76N2O2S2. The van der Waals surface area contributed by atoms with Crippen LogP contribution in [0.3, 0.4) is 0 Å². The molecule has 0 aliphatic heterocycles. The highest BCUT2D eigenvalue weighted by Gasteiger charge is 2.26. The van der Waals surface area contributed by atoms with Gasteiger partial charge < -0.3 is 19.3 Å². The molecule has 0 aliphatic carbocycles. The number of aryl methyl sites for hydroxylation is 3. The lowest BCUT2D eigenvalue weighted by molar-refractivity contribution is 0.107. The van der Waals surface area contributed by atoms with Crippen LogP contribution in [0.4, 0.5) is 32.8 Å². The Morgan fingerprint density at radius 1 is 0.446 bits per heavy atom. The first-order valence-corrected chi connectivity index (χ1v) is 29.7. The number of anilines is 6. The fourth-order valence-corrected chi connectivity index (χ4v) is 12.6. The molecule has 0 radical (unpaired) electrons. The van der Waals surface area contributed by atoms with Crippen molar-refractivity contribution in [3.05, 3.63) is 278 Å². The van der Waals surface area contributed by atoms with E-state index in [1.54, 1.807) is 0 Å². The van der Waals surface area contributed by atoms with Crippen molar-refractivity contribution in [3.8, 4) is 45.8 Å². The zero-order valence-corrected chi connectivity index (χ0v) is 49.2. The van der Waals surface area contributed by atoms with E-state index in [0.717, 1.165) is 112 Å². The average Bonchev–Trinajstić information content (AvgIpc) is 1.68. The molecular weight excluding hydrogens is 1050 g/mol. The summed E-state index contributed by atoms with van der Waals surface area (Å²) in [4.78, 5) is 7.29. The number of hydrogen-bond donors (Lipinski definition) is 0. The van der Waals surface area contributed by atoms with Crippen LogP contribution >= 0.6 is 22.7 Å². The summed E-state index contributed by atoms with van der Waals surface area (Å²) in [5.74, 6) is 13.7. The zero-order valence-electron chi connectivity index (χ0n) is 47.5. The molecule has 0 saturated heterocycles. The highest BCUT2D eigenvalue weighted by molar-refractivity contribution is 7.28. The lowest BCUT2D eigenvalue weighted by atomic mass is 10.1. The first-order valence-electron chi connectivity index (χ1n) is 28.1. The molecule has 0 spiro atoms. The van der Waals surface area contributed by atoms with Crippen LogP contribution in [-0.4, -0.2) is 13.2 Å². The number of terminal acetylenes is 1. The molecule has 83 heavy (non-hydrogen) atoms. The van der Waals surface area contributed by atoms with Crippen LogP contribution in [0.25, 0.3) is 43.5 Å². The number of hydrogen-bond acceptors (Lipinski definition) is 6. The number of nitrogens with zero attached hydrogens (tertiary/aromatic N) is 2. The zero-order chi connectivity index (χ0) is 58.2. The van der Waals surface area contributed by atoms with E-state index in [4.69, 9.17) is 15.9 Å². The summed E-state index contributed by atoms with van der Waals surface area (Å²) in [7, 11) is 0. The van der Waals surface area contributed by atoms with Crippen molar-refractivity contribution in [2.24, 2.45) is 0 Å². The molecule has 0 fully saturated rings. The maximum atomic E-state index is 6.22. The van der Waals surface area contributed by atoms with Gasteiger partial charge >= 0.3 is 0 Å². The van der Waals surface area contributed by atoms with Gasteiger partial charge in [0.25, 0.3) is 0 Å². The second kappa shape index (κ2) is 31.2. The van der Waals surface area contributed by atoms with E-state index in [9.17, 15) is 0 Å². The third-order valence-corrected chi connectivity index (χ3v) is 16.5. The van der Waals surface area contributed by atoms with E-state index in [-0.39, 0.29) is 4.28 Å². The summed E-state index contributed by atoms with van der Waals surface area (Å²) in [6.45, 7) is 24.5. The van der Waals surface area contributed by atoms with Gasteiger partial charge in [0.05, 0.1) is 23.0 Å². The van der Waals surface area contributed by atoms with Crippen molar-refractivity contribution in [1.82, 2.24) is 0 Å². The van der Waals surface area contributed by atoms with Crippen molar-refractivity contribution in [2.75, 3.05) is 23.0 Å². The Morgan fingerprint density at radius 3 is 1.23 bits per heavy atom. The van der Waals surface area contributed by atoms with Gasteiger partial charge in [0.1, 0.15) is 10.0 Å². The van der Waals surface area contributed by atoms with Gasteiger partial charge in [-0.1, -0.05) is 178 Å². The maximum absolute atomic E-state index is 6.22. The Hall–Kier alpha value is -9.16. The van der Waals surface area contributed by atoms with Crippen molar-refractivity contribution in [3.63, 3.8) is 0 Å². The lowest BCUT2D eigenvalue weighted by Gasteiger charge is -2.25. The Labute approximate surface area is 505 Å². The van der Waals surface area contributed by atoms with E-state index >= 15 is 0 Å². The molecule has 0 saturated carbocycles. The standard InChI is InChI=1S/C73H62N2O2S2.2C2H4.3H2/c1-5-9-10-11-19-57-36-44-63(45-37-57)74(64-46-38-59(39-47-64)21-17-51-76-50-16-20-58-30-26-54(7-3)27-31-58)72-68-24-14-12-22-66(68)70(78-72)71-67-23-13-15-25-69(67)73(79-71)75(62-42-34-56(18-6-2)35-43-62)65-48-40-61(41-49-65)53-77-52-60-32-28-55(8-4)29-33-60;2*1-2;;;/h1,7-8,12-15,22-49H,3-4,6,16-18,20-21,50-53H2,2H3;2*1-2H2;3*1H. The molecule has 418 valence electrons. The third kappa shape index (κ3) is 15.4. The third-order valence-electron chi connectivity index (χ3n) is 13.9. The first kappa shape index (κ1) is 59.9.